The van der Waals surface area contributed by atoms with Gasteiger partial charge in [0.15, 0.2) is 5.79 Å². The summed E-state index contributed by atoms with van der Waals surface area (Å²) in [7, 11) is 0. The largest absolute Gasteiger partial charge is 0.348 e. The van der Waals surface area contributed by atoms with Crippen molar-refractivity contribution in [3.8, 4) is 0 Å². The fourth-order valence-corrected chi connectivity index (χ4v) is 1.67. The number of hydrogen-bond acceptors (Lipinski definition) is 3. The molecule has 1 atom stereocenters. The second-order valence-electron chi connectivity index (χ2n) is 4.33. The van der Waals surface area contributed by atoms with Gasteiger partial charge in [-0.1, -0.05) is 18.2 Å². The minimum atomic E-state index is -0.439. The van der Waals surface area contributed by atoms with Crippen molar-refractivity contribution in [3.63, 3.8) is 0 Å². The van der Waals surface area contributed by atoms with E-state index in [1.54, 1.807) is 0 Å². The van der Waals surface area contributed by atoms with Crippen LogP contribution in [0.1, 0.15) is 20.3 Å². The molecule has 1 aliphatic rings. The van der Waals surface area contributed by atoms with E-state index >= 15 is 0 Å². The zero-order valence-electron chi connectivity index (χ0n) is 9.72. The predicted octanol–water partition coefficient (Wildman–Crippen LogP) is 2.93. The van der Waals surface area contributed by atoms with E-state index in [0.29, 0.717) is 6.61 Å². The topological polar surface area (TPSA) is 30.8 Å². The second kappa shape index (κ2) is 4.76. The standard InChI is InChI=1S/C13H17NO2/c1-13(2)15-10-12(16-13)8-9-14-11-6-4-3-5-7-11/h3-7,9,12H,8,10H2,1-2H3. The first kappa shape index (κ1) is 11.3. The van der Waals surface area contributed by atoms with Crippen molar-refractivity contribution < 1.29 is 9.47 Å². The number of nitrogens with zero attached hydrogens (tertiary/aromatic N) is 1. The Labute approximate surface area is 96.1 Å². The van der Waals surface area contributed by atoms with E-state index in [4.69, 9.17) is 9.47 Å². The maximum absolute atomic E-state index is 5.67. The molecule has 1 aromatic rings. The SMILES string of the molecule is CC1(C)OCC(CC=Nc2ccccc2)O1. The Balaban J connectivity index is 1.82. The van der Waals surface area contributed by atoms with Crippen molar-refractivity contribution in [3.05, 3.63) is 30.3 Å². The third-order valence-corrected chi connectivity index (χ3v) is 2.43. The van der Waals surface area contributed by atoms with E-state index in [0.717, 1.165) is 12.1 Å². The van der Waals surface area contributed by atoms with Gasteiger partial charge in [0.1, 0.15) is 0 Å². The van der Waals surface area contributed by atoms with Gasteiger partial charge in [0.2, 0.25) is 0 Å². The van der Waals surface area contributed by atoms with Crippen LogP contribution in [0.2, 0.25) is 0 Å². The van der Waals surface area contributed by atoms with Crippen molar-refractivity contribution in [1.29, 1.82) is 0 Å². The molecule has 0 radical (unpaired) electrons. The van der Waals surface area contributed by atoms with E-state index in [1.165, 1.54) is 0 Å². The lowest BCUT2D eigenvalue weighted by Crippen LogP contribution is -2.21. The molecule has 86 valence electrons. The van der Waals surface area contributed by atoms with E-state index < -0.39 is 5.79 Å². The monoisotopic (exact) mass is 219 g/mol. The maximum Gasteiger partial charge on any atom is 0.163 e. The van der Waals surface area contributed by atoms with Gasteiger partial charge in [-0.2, -0.15) is 0 Å². The van der Waals surface area contributed by atoms with Gasteiger partial charge in [-0.05, 0) is 26.0 Å². The van der Waals surface area contributed by atoms with Crippen LogP contribution in [0, 0.1) is 0 Å². The lowest BCUT2D eigenvalue weighted by Gasteiger charge is -2.16. The van der Waals surface area contributed by atoms with Crippen LogP contribution < -0.4 is 0 Å². The van der Waals surface area contributed by atoms with Gasteiger partial charge in [-0.15, -0.1) is 0 Å². The van der Waals surface area contributed by atoms with Crippen LogP contribution in [-0.2, 0) is 9.47 Å². The number of para-hydroxylation sites is 1. The number of hydrogen-bond donors (Lipinski definition) is 0. The lowest BCUT2D eigenvalue weighted by molar-refractivity contribution is -0.137. The molecule has 1 heterocycles. The first-order valence-electron chi connectivity index (χ1n) is 5.55. The Hall–Kier alpha value is -1.19. The molecule has 0 bridgehead atoms. The molecule has 1 aromatic carbocycles. The molecule has 1 aliphatic heterocycles. The number of aliphatic imine (C=N–C) groups is 1. The van der Waals surface area contributed by atoms with Gasteiger partial charge in [-0.3, -0.25) is 4.99 Å². The molecule has 0 aliphatic carbocycles. The number of rotatable bonds is 3. The molecule has 1 saturated heterocycles. The molecular weight excluding hydrogens is 202 g/mol. The molecule has 1 fully saturated rings. The summed E-state index contributed by atoms with van der Waals surface area (Å²) in [6.07, 6.45) is 2.81. The minimum absolute atomic E-state index is 0.127. The van der Waals surface area contributed by atoms with Gasteiger partial charge in [0.25, 0.3) is 0 Å². The molecule has 0 N–H and O–H groups in total. The Kier molecular flexibility index (Phi) is 3.36. The van der Waals surface area contributed by atoms with Crippen LogP contribution in [0.25, 0.3) is 0 Å². The molecule has 0 aromatic heterocycles. The summed E-state index contributed by atoms with van der Waals surface area (Å²) in [5.41, 5.74) is 0.973. The fourth-order valence-electron chi connectivity index (χ4n) is 1.67. The maximum atomic E-state index is 5.67. The quantitative estimate of drug-likeness (QED) is 0.732. The third kappa shape index (κ3) is 3.15. The van der Waals surface area contributed by atoms with Crippen molar-refractivity contribution in [2.45, 2.75) is 32.2 Å². The van der Waals surface area contributed by atoms with Crippen molar-refractivity contribution in [2.75, 3.05) is 6.61 Å². The summed E-state index contributed by atoms with van der Waals surface area (Å²) in [4.78, 5) is 4.36. The Morgan fingerprint density at radius 3 is 2.75 bits per heavy atom. The highest BCUT2D eigenvalue weighted by Gasteiger charge is 2.31. The molecule has 3 heteroatoms. The van der Waals surface area contributed by atoms with Crippen LogP contribution in [0.4, 0.5) is 5.69 Å². The zero-order valence-corrected chi connectivity index (χ0v) is 9.72. The summed E-state index contributed by atoms with van der Waals surface area (Å²) in [5.74, 6) is -0.439. The summed E-state index contributed by atoms with van der Waals surface area (Å²) < 4.78 is 11.1. The Morgan fingerprint density at radius 2 is 2.12 bits per heavy atom. The van der Waals surface area contributed by atoms with Gasteiger partial charge < -0.3 is 9.47 Å². The first-order valence-corrected chi connectivity index (χ1v) is 5.55. The molecular formula is C13H17NO2. The van der Waals surface area contributed by atoms with E-state index in [9.17, 15) is 0 Å². The van der Waals surface area contributed by atoms with Crippen LogP contribution in [-0.4, -0.2) is 24.7 Å². The van der Waals surface area contributed by atoms with Crippen LogP contribution >= 0.6 is 0 Å². The molecule has 0 amide bonds. The molecule has 0 saturated carbocycles. The molecule has 16 heavy (non-hydrogen) atoms. The average molecular weight is 219 g/mol. The van der Waals surface area contributed by atoms with Crippen molar-refractivity contribution >= 4 is 11.9 Å². The van der Waals surface area contributed by atoms with Gasteiger partial charge >= 0.3 is 0 Å². The summed E-state index contributed by atoms with van der Waals surface area (Å²) in [5, 5.41) is 0. The van der Waals surface area contributed by atoms with Crippen LogP contribution in [0.5, 0.6) is 0 Å². The van der Waals surface area contributed by atoms with Gasteiger partial charge in [0, 0.05) is 12.6 Å². The zero-order chi connectivity index (χ0) is 11.4. The highest BCUT2D eigenvalue weighted by molar-refractivity contribution is 5.63. The summed E-state index contributed by atoms with van der Waals surface area (Å²) in [6.45, 7) is 4.51. The smallest absolute Gasteiger partial charge is 0.163 e. The molecule has 0 spiro atoms. The van der Waals surface area contributed by atoms with Gasteiger partial charge in [0.05, 0.1) is 18.4 Å². The van der Waals surface area contributed by atoms with Gasteiger partial charge in [-0.25, -0.2) is 0 Å². The highest BCUT2D eigenvalue weighted by Crippen LogP contribution is 2.23. The Morgan fingerprint density at radius 1 is 1.38 bits per heavy atom. The number of benzene rings is 1. The molecule has 3 nitrogen and oxygen atoms in total. The number of ether oxygens (including phenoxy) is 2. The predicted molar refractivity (Wildman–Crippen MR) is 64.1 cm³/mol. The lowest BCUT2D eigenvalue weighted by atomic mass is 10.3. The molecule has 2 rings (SSSR count). The van der Waals surface area contributed by atoms with Crippen LogP contribution in [0.3, 0.4) is 0 Å². The summed E-state index contributed by atoms with van der Waals surface area (Å²) >= 11 is 0. The van der Waals surface area contributed by atoms with Crippen molar-refractivity contribution in [2.24, 2.45) is 4.99 Å². The van der Waals surface area contributed by atoms with E-state index in [2.05, 4.69) is 4.99 Å². The van der Waals surface area contributed by atoms with E-state index in [-0.39, 0.29) is 6.10 Å². The average Bonchev–Trinajstić information content (AvgIpc) is 2.60. The minimum Gasteiger partial charge on any atom is -0.348 e. The van der Waals surface area contributed by atoms with Crippen molar-refractivity contribution in [1.82, 2.24) is 0 Å². The third-order valence-electron chi connectivity index (χ3n) is 2.43. The normalized spacial score (nSPS) is 24.0. The Bertz CT molecular complexity index is 359. The summed E-state index contributed by atoms with van der Waals surface area (Å²) in [6, 6.07) is 9.89. The fraction of sp³-hybridized carbons (Fsp3) is 0.462. The van der Waals surface area contributed by atoms with E-state index in [1.807, 2.05) is 50.4 Å². The highest BCUT2D eigenvalue weighted by atomic mass is 16.7. The second-order valence-corrected chi connectivity index (χ2v) is 4.33. The molecule has 1 unspecified atom stereocenters. The first-order chi connectivity index (χ1) is 7.66. The van der Waals surface area contributed by atoms with Crippen LogP contribution in [0.15, 0.2) is 35.3 Å².